The van der Waals surface area contributed by atoms with Gasteiger partial charge in [0.15, 0.2) is 0 Å². The van der Waals surface area contributed by atoms with Crippen molar-refractivity contribution in [3.05, 3.63) is 51.0 Å². The first-order valence-corrected chi connectivity index (χ1v) is 8.36. The number of hydrogen-bond acceptors (Lipinski definition) is 3. The van der Waals surface area contributed by atoms with Crippen molar-refractivity contribution in [2.24, 2.45) is 0 Å². The Labute approximate surface area is 137 Å². The summed E-state index contributed by atoms with van der Waals surface area (Å²) in [5.41, 5.74) is 6.56. The van der Waals surface area contributed by atoms with Crippen LogP contribution in [0.5, 0.6) is 0 Å². The van der Waals surface area contributed by atoms with E-state index < -0.39 is 10.0 Å². The molecule has 0 aliphatic carbocycles. The van der Waals surface area contributed by atoms with Gasteiger partial charge >= 0.3 is 0 Å². The minimum absolute atomic E-state index is 0.0374. The molecule has 0 aromatic heterocycles. The van der Waals surface area contributed by atoms with Crippen LogP contribution in [-0.4, -0.2) is 8.42 Å². The molecule has 0 amide bonds. The van der Waals surface area contributed by atoms with Crippen LogP contribution in [0.15, 0.2) is 35.2 Å². The summed E-state index contributed by atoms with van der Waals surface area (Å²) < 4.78 is 27.2. The van der Waals surface area contributed by atoms with Crippen LogP contribution in [0.4, 0.5) is 11.4 Å². The number of nitrogens with two attached hydrogens (primary N) is 1. The molecule has 2 aromatic carbocycles. The number of hydrogen-bond donors (Lipinski definition) is 2. The number of aryl methyl sites for hydroxylation is 1. The summed E-state index contributed by atoms with van der Waals surface area (Å²) in [5, 5.41) is 0.913. The minimum Gasteiger partial charge on any atom is -0.397 e. The van der Waals surface area contributed by atoms with Gasteiger partial charge in [0.25, 0.3) is 10.0 Å². The van der Waals surface area contributed by atoms with Crippen molar-refractivity contribution in [3.8, 4) is 0 Å². The average Bonchev–Trinajstić information content (AvgIpc) is 2.37. The lowest BCUT2D eigenvalue weighted by molar-refractivity contribution is 0.600. The van der Waals surface area contributed by atoms with Gasteiger partial charge < -0.3 is 5.73 Å². The molecule has 112 valence electrons. The Morgan fingerprint density at radius 3 is 2.33 bits per heavy atom. The van der Waals surface area contributed by atoms with Crippen molar-refractivity contribution < 1.29 is 8.42 Å². The van der Waals surface area contributed by atoms with E-state index in [-0.39, 0.29) is 21.3 Å². The number of sulfonamides is 1. The van der Waals surface area contributed by atoms with Crippen LogP contribution in [-0.2, 0) is 10.0 Å². The van der Waals surface area contributed by atoms with Gasteiger partial charge in [-0.15, -0.1) is 0 Å². The molecule has 2 rings (SSSR count). The van der Waals surface area contributed by atoms with Gasteiger partial charge in [-0.3, -0.25) is 4.72 Å². The van der Waals surface area contributed by atoms with E-state index in [0.717, 1.165) is 0 Å². The van der Waals surface area contributed by atoms with Crippen LogP contribution in [0, 0.1) is 6.92 Å². The maximum Gasteiger partial charge on any atom is 0.262 e. The molecule has 0 saturated heterocycles. The predicted octanol–water partition coefficient (Wildman–Crippen LogP) is 4.34. The fraction of sp³-hybridized carbons (Fsp3) is 0.0769. The zero-order valence-electron chi connectivity index (χ0n) is 10.8. The number of anilines is 2. The van der Waals surface area contributed by atoms with Crippen molar-refractivity contribution in [1.29, 1.82) is 0 Å². The summed E-state index contributed by atoms with van der Waals surface area (Å²) in [5.74, 6) is 0. The summed E-state index contributed by atoms with van der Waals surface area (Å²) in [6.07, 6.45) is 0. The van der Waals surface area contributed by atoms with Crippen LogP contribution in [0.2, 0.25) is 15.1 Å². The lowest BCUT2D eigenvalue weighted by atomic mass is 10.2. The van der Waals surface area contributed by atoms with Crippen molar-refractivity contribution >= 4 is 56.2 Å². The Morgan fingerprint density at radius 2 is 1.71 bits per heavy atom. The lowest BCUT2D eigenvalue weighted by Crippen LogP contribution is -2.15. The van der Waals surface area contributed by atoms with Gasteiger partial charge in [-0.2, -0.15) is 0 Å². The van der Waals surface area contributed by atoms with E-state index in [0.29, 0.717) is 15.6 Å². The molecule has 3 N–H and O–H groups in total. The Bertz CT molecular complexity index is 807. The van der Waals surface area contributed by atoms with E-state index in [1.807, 2.05) is 0 Å². The Hall–Kier alpha value is -1.14. The second kappa shape index (κ2) is 5.93. The summed E-state index contributed by atoms with van der Waals surface area (Å²) in [7, 11) is -3.83. The highest BCUT2D eigenvalue weighted by Gasteiger charge is 2.19. The van der Waals surface area contributed by atoms with E-state index in [2.05, 4.69) is 4.72 Å². The molecule has 0 bridgehead atoms. The molecule has 0 saturated carbocycles. The smallest absolute Gasteiger partial charge is 0.262 e. The third-order valence-electron chi connectivity index (χ3n) is 2.76. The van der Waals surface area contributed by atoms with Crippen LogP contribution in [0.1, 0.15) is 5.56 Å². The van der Waals surface area contributed by atoms with Gasteiger partial charge in [0.2, 0.25) is 0 Å². The second-order valence-corrected chi connectivity index (χ2v) is 7.27. The molecular formula is C13H11Cl3N2O2S. The highest BCUT2D eigenvalue weighted by molar-refractivity contribution is 7.92. The van der Waals surface area contributed by atoms with Crippen molar-refractivity contribution in [3.63, 3.8) is 0 Å². The van der Waals surface area contributed by atoms with Gasteiger partial charge in [0.1, 0.15) is 0 Å². The molecule has 0 heterocycles. The largest absolute Gasteiger partial charge is 0.397 e. The molecule has 2 aromatic rings. The van der Waals surface area contributed by atoms with Gasteiger partial charge in [-0.05, 0) is 42.8 Å². The highest BCUT2D eigenvalue weighted by Crippen LogP contribution is 2.30. The molecule has 0 aliphatic rings. The lowest BCUT2D eigenvalue weighted by Gasteiger charge is -2.13. The first-order chi connectivity index (χ1) is 9.70. The average molecular weight is 366 g/mol. The van der Waals surface area contributed by atoms with E-state index in [1.54, 1.807) is 6.92 Å². The SMILES string of the molecule is Cc1cc(Cl)c(N)cc1S(=O)(=O)Nc1ccc(Cl)cc1Cl. The minimum atomic E-state index is -3.83. The number of halogens is 3. The topological polar surface area (TPSA) is 72.2 Å². The zero-order valence-corrected chi connectivity index (χ0v) is 13.9. The van der Waals surface area contributed by atoms with Crippen molar-refractivity contribution in [1.82, 2.24) is 0 Å². The van der Waals surface area contributed by atoms with Crippen LogP contribution in [0.25, 0.3) is 0 Å². The summed E-state index contributed by atoms with van der Waals surface area (Å²) in [6.45, 7) is 1.63. The van der Waals surface area contributed by atoms with E-state index in [9.17, 15) is 8.42 Å². The molecule has 8 heteroatoms. The third-order valence-corrected chi connectivity index (χ3v) is 5.14. The fourth-order valence-electron chi connectivity index (χ4n) is 1.73. The maximum absolute atomic E-state index is 12.4. The standard InChI is InChI=1S/C13H11Cl3N2O2S/c1-7-4-9(15)11(17)6-13(7)21(19,20)18-12-3-2-8(14)5-10(12)16/h2-6,18H,17H2,1H3. The number of nitrogens with one attached hydrogen (secondary N) is 1. The number of rotatable bonds is 3. The molecule has 0 atom stereocenters. The molecule has 0 aliphatic heterocycles. The first-order valence-electron chi connectivity index (χ1n) is 5.74. The first kappa shape index (κ1) is 16.2. The van der Waals surface area contributed by atoms with Crippen LogP contribution >= 0.6 is 34.8 Å². The Kier molecular flexibility index (Phi) is 4.58. The molecule has 0 radical (unpaired) electrons. The molecular weight excluding hydrogens is 355 g/mol. The predicted molar refractivity (Wildman–Crippen MR) is 87.9 cm³/mol. The monoisotopic (exact) mass is 364 g/mol. The van der Waals surface area contributed by atoms with Gasteiger partial charge in [-0.25, -0.2) is 8.42 Å². The van der Waals surface area contributed by atoms with Crippen LogP contribution < -0.4 is 10.5 Å². The van der Waals surface area contributed by atoms with Crippen molar-refractivity contribution in [2.45, 2.75) is 11.8 Å². The Morgan fingerprint density at radius 1 is 1.05 bits per heavy atom. The number of benzene rings is 2. The fourth-order valence-corrected chi connectivity index (χ4v) is 3.80. The summed E-state index contributed by atoms with van der Waals surface area (Å²) in [6, 6.07) is 7.27. The molecule has 4 nitrogen and oxygen atoms in total. The summed E-state index contributed by atoms with van der Waals surface area (Å²) in [4.78, 5) is 0.0374. The van der Waals surface area contributed by atoms with E-state index >= 15 is 0 Å². The van der Waals surface area contributed by atoms with Crippen molar-refractivity contribution in [2.75, 3.05) is 10.5 Å². The van der Waals surface area contributed by atoms with E-state index in [4.69, 9.17) is 40.5 Å². The highest BCUT2D eigenvalue weighted by atomic mass is 35.5. The zero-order chi connectivity index (χ0) is 15.8. The van der Waals surface area contributed by atoms with Gasteiger partial charge in [0.05, 0.1) is 26.3 Å². The molecule has 21 heavy (non-hydrogen) atoms. The van der Waals surface area contributed by atoms with Crippen LogP contribution in [0.3, 0.4) is 0 Å². The van der Waals surface area contributed by atoms with Gasteiger partial charge in [0, 0.05) is 5.02 Å². The van der Waals surface area contributed by atoms with Gasteiger partial charge in [-0.1, -0.05) is 34.8 Å². The molecule has 0 fully saturated rings. The Balaban J connectivity index is 2.46. The summed E-state index contributed by atoms with van der Waals surface area (Å²) >= 11 is 17.6. The second-order valence-electron chi connectivity index (χ2n) is 4.37. The van der Waals surface area contributed by atoms with E-state index in [1.165, 1.54) is 30.3 Å². The third kappa shape index (κ3) is 3.55. The number of nitrogen functional groups attached to an aromatic ring is 1. The molecule has 0 unspecified atom stereocenters. The normalized spacial score (nSPS) is 11.4. The quantitative estimate of drug-likeness (QED) is 0.795. The molecule has 0 spiro atoms. The maximum atomic E-state index is 12.4.